The molecule has 0 amide bonds. The Labute approximate surface area is 180 Å². The van der Waals surface area contributed by atoms with Gasteiger partial charge < -0.3 is 0 Å². The van der Waals surface area contributed by atoms with Crippen LogP contribution in [0, 0.1) is 0 Å². The number of nitrogens with zero attached hydrogens (tertiary/aromatic N) is 8. The summed E-state index contributed by atoms with van der Waals surface area (Å²) in [6, 6.07) is 8.55. The van der Waals surface area contributed by atoms with Crippen LogP contribution in [0.2, 0.25) is 5.02 Å². The lowest BCUT2D eigenvalue weighted by atomic mass is 10.1. The normalized spacial score (nSPS) is 12.6. The van der Waals surface area contributed by atoms with Gasteiger partial charge >= 0.3 is 0 Å². The number of fused-ring (bicyclic) bond motifs is 3. The van der Waals surface area contributed by atoms with Gasteiger partial charge in [0, 0.05) is 29.4 Å². The predicted octanol–water partition coefficient (Wildman–Crippen LogP) is 3.11. The molecule has 156 valence electrons. The fraction of sp³-hybridized carbons (Fsp3) is 0.150. The van der Waals surface area contributed by atoms with Crippen LogP contribution in [0.15, 0.2) is 61.6 Å². The Balaban J connectivity index is 1.48. The molecule has 8 nitrogen and oxygen atoms in total. The third kappa shape index (κ3) is 3.44. The van der Waals surface area contributed by atoms with Crippen molar-refractivity contribution in [2.24, 2.45) is 0 Å². The Morgan fingerprint density at radius 2 is 2.00 bits per heavy atom. The van der Waals surface area contributed by atoms with E-state index in [4.69, 9.17) is 11.6 Å². The minimum absolute atomic E-state index is 0.278. The van der Waals surface area contributed by atoms with Crippen molar-refractivity contribution >= 4 is 17.4 Å². The highest BCUT2D eigenvalue weighted by molar-refractivity contribution is 6.30. The van der Waals surface area contributed by atoms with Crippen molar-refractivity contribution in [1.82, 2.24) is 24.7 Å². The average molecular weight is 442 g/mol. The van der Waals surface area contributed by atoms with Crippen molar-refractivity contribution < 1.29 is 13.5 Å². The molecule has 0 N–H and O–H groups in total. The van der Waals surface area contributed by atoms with Gasteiger partial charge in [0.05, 0.1) is 18.1 Å². The van der Waals surface area contributed by atoms with E-state index in [2.05, 4.69) is 19.9 Å². The van der Waals surface area contributed by atoms with E-state index in [1.165, 1.54) is 12.3 Å². The van der Waals surface area contributed by atoms with E-state index in [1.807, 2.05) is 44.8 Å². The van der Waals surface area contributed by atoms with Crippen LogP contribution in [0.3, 0.4) is 0 Å². The van der Waals surface area contributed by atoms with Crippen LogP contribution in [0.25, 0.3) is 16.9 Å². The molecule has 0 spiro atoms. The van der Waals surface area contributed by atoms with Crippen molar-refractivity contribution in [2.45, 2.75) is 13.0 Å². The topological polar surface area (TPSA) is 66.9 Å². The Hall–Kier alpha value is -3.66. The lowest BCUT2D eigenvalue weighted by Crippen LogP contribution is -2.61. The predicted molar refractivity (Wildman–Crippen MR) is 109 cm³/mol. The third-order valence-electron chi connectivity index (χ3n) is 5.01. The van der Waals surface area contributed by atoms with Crippen molar-refractivity contribution in [3.63, 3.8) is 0 Å². The van der Waals surface area contributed by atoms with E-state index in [-0.39, 0.29) is 5.69 Å². The van der Waals surface area contributed by atoms with Crippen LogP contribution in [0.5, 0.6) is 0 Å². The second-order valence-electron chi connectivity index (χ2n) is 6.91. The first-order valence-electron chi connectivity index (χ1n) is 9.32. The molecule has 1 aliphatic rings. The minimum atomic E-state index is -2.62. The Morgan fingerprint density at radius 1 is 1.13 bits per heavy atom. The van der Waals surface area contributed by atoms with E-state index in [0.29, 0.717) is 28.6 Å². The summed E-state index contributed by atoms with van der Waals surface area (Å²) in [5.74, 6) is 0.557. The van der Waals surface area contributed by atoms with Gasteiger partial charge in [-0.05, 0) is 35.1 Å². The van der Waals surface area contributed by atoms with E-state index < -0.39 is 6.43 Å². The molecular formula is C20H16ClF2N8+. The maximum atomic E-state index is 12.8. The molecule has 0 radical (unpaired) electrons. The molecular weight excluding hydrogens is 426 g/mol. The molecule has 1 aliphatic heterocycles. The molecule has 11 heteroatoms. The lowest BCUT2D eigenvalue weighted by molar-refractivity contribution is -0.690. The standard InChI is InChI=1S/C20H16ClF2N8/c1-28(19-9-24-8-17(27-19)13-2-4-16(20(22)23)26-7-13)30-10-14-6-15(21)3-5-18(14)29-11-25-12-31(29)30/h2-9,11-12,20H,10H2,1H3/q+1. The second-order valence-corrected chi connectivity index (χ2v) is 7.34. The third-order valence-corrected chi connectivity index (χ3v) is 5.24. The van der Waals surface area contributed by atoms with E-state index in [0.717, 1.165) is 11.3 Å². The SMILES string of the molecule is CN(c1cncc(-c2ccc(C(F)F)nc2)n1)N1Cc2cc(Cl)ccc2-[n+]2cncn21. The van der Waals surface area contributed by atoms with Gasteiger partial charge in [0.2, 0.25) is 12.7 Å². The molecule has 0 bridgehead atoms. The first-order chi connectivity index (χ1) is 15.0. The molecule has 0 unspecified atom stereocenters. The molecule has 4 heterocycles. The van der Waals surface area contributed by atoms with Gasteiger partial charge in [-0.15, -0.1) is 9.80 Å². The summed E-state index contributed by atoms with van der Waals surface area (Å²) in [6.45, 7) is 0.527. The van der Waals surface area contributed by atoms with Crippen LogP contribution in [0.1, 0.15) is 17.7 Å². The summed E-state index contributed by atoms with van der Waals surface area (Å²) in [6.07, 6.45) is 5.36. The highest BCUT2D eigenvalue weighted by Crippen LogP contribution is 2.24. The molecule has 3 aromatic heterocycles. The molecule has 0 aliphatic carbocycles. The summed E-state index contributed by atoms with van der Waals surface area (Å²) < 4.78 is 27.5. The van der Waals surface area contributed by atoms with Crippen molar-refractivity contribution in [3.8, 4) is 16.9 Å². The number of rotatable bonds is 4. The maximum Gasteiger partial charge on any atom is 0.280 e. The number of hydrogen-bond donors (Lipinski definition) is 0. The number of halogens is 3. The number of pyridine rings is 1. The largest absolute Gasteiger partial charge is 0.280 e. The van der Waals surface area contributed by atoms with E-state index in [1.54, 1.807) is 31.1 Å². The zero-order valence-electron chi connectivity index (χ0n) is 16.3. The molecule has 0 saturated carbocycles. The van der Waals surface area contributed by atoms with Crippen LogP contribution >= 0.6 is 11.6 Å². The van der Waals surface area contributed by atoms with Gasteiger partial charge in [-0.2, -0.15) is 0 Å². The molecule has 0 saturated heterocycles. The molecule has 0 atom stereocenters. The molecule has 1 aromatic carbocycles. The lowest BCUT2D eigenvalue weighted by Gasteiger charge is -2.32. The number of hydrazine groups is 1. The van der Waals surface area contributed by atoms with Gasteiger partial charge in [-0.1, -0.05) is 16.6 Å². The number of hydrogen-bond acceptors (Lipinski definition) is 6. The van der Waals surface area contributed by atoms with E-state index >= 15 is 0 Å². The number of benzene rings is 1. The zero-order valence-corrected chi connectivity index (χ0v) is 17.0. The number of anilines is 1. The van der Waals surface area contributed by atoms with Gasteiger partial charge in [0.1, 0.15) is 17.9 Å². The summed E-state index contributed by atoms with van der Waals surface area (Å²) in [5, 5.41) is 4.41. The molecule has 31 heavy (non-hydrogen) atoms. The summed E-state index contributed by atoms with van der Waals surface area (Å²) >= 11 is 6.20. The second kappa shape index (κ2) is 7.55. The maximum absolute atomic E-state index is 12.8. The highest BCUT2D eigenvalue weighted by atomic mass is 35.5. The van der Waals surface area contributed by atoms with Gasteiger partial charge in [-0.25, -0.2) is 18.8 Å². The van der Waals surface area contributed by atoms with Crippen LogP contribution < -0.4 is 14.8 Å². The Bertz CT molecular complexity index is 1240. The molecule has 4 aromatic rings. The monoisotopic (exact) mass is 441 g/mol. The van der Waals surface area contributed by atoms with Crippen molar-refractivity contribution in [3.05, 3.63) is 77.9 Å². The van der Waals surface area contributed by atoms with Crippen LogP contribution in [-0.2, 0) is 6.54 Å². The van der Waals surface area contributed by atoms with Gasteiger partial charge in [0.25, 0.3) is 6.43 Å². The fourth-order valence-electron chi connectivity index (χ4n) is 3.43. The average Bonchev–Trinajstić information content (AvgIpc) is 3.28. The number of aromatic nitrogens is 6. The Kier molecular flexibility index (Phi) is 4.70. The summed E-state index contributed by atoms with van der Waals surface area (Å²) in [7, 11) is 1.85. The Morgan fingerprint density at radius 3 is 2.77 bits per heavy atom. The fourth-order valence-corrected chi connectivity index (χ4v) is 3.63. The van der Waals surface area contributed by atoms with E-state index in [9.17, 15) is 8.78 Å². The number of alkyl halides is 2. The summed E-state index contributed by atoms with van der Waals surface area (Å²) in [5.41, 5.74) is 2.85. The minimum Gasteiger partial charge on any atom is -0.258 e. The van der Waals surface area contributed by atoms with Gasteiger partial charge in [0.15, 0.2) is 5.82 Å². The van der Waals surface area contributed by atoms with Crippen LogP contribution in [0.4, 0.5) is 14.6 Å². The first-order valence-corrected chi connectivity index (χ1v) is 9.70. The van der Waals surface area contributed by atoms with Gasteiger partial charge in [-0.3, -0.25) is 9.97 Å². The summed E-state index contributed by atoms with van der Waals surface area (Å²) in [4.78, 5) is 18.8. The molecule has 5 rings (SSSR count). The zero-order chi connectivity index (χ0) is 21.5. The highest BCUT2D eigenvalue weighted by Gasteiger charge is 2.31. The smallest absolute Gasteiger partial charge is 0.258 e. The van der Waals surface area contributed by atoms with Crippen LogP contribution in [-0.4, -0.2) is 31.8 Å². The first kappa shape index (κ1) is 19.3. The quantitative estimate of drug-likeness (QED) is 0.453. The van der Waals surface area contributed by atoms with Crippen molar-refractivity contribution in [2.75, 3.05) is 17.2 Å². The molecule has 0 fully saturated rings. The van der Waals surface area contributed by atoms with Crippen molar-refractivity contribution in [1.29, 1.82) is 0 Å².